The van der Waals surface area contributed by atoms with Crippen LogP contribution in [-0.4, -0.2) is 104 Å². The molecule has 1 amide bonds. The van der Waals surface area contributed by atoms with E-state index in [0.29, 0.717) is 66.6 Å². The van der Waals surface area contributed by atoms with Crippen LogP contribution in [0.5, 0.6) is 11.5 Å². The van der Waals surface area contributed by atoms with Gasteiger partial charge in [0.2, 0.25) is 0 Å². The number of ether oxygens (including phenoxy) is 2. The number of rotatable bonds is 9. The molecule has 260 valence electrons. The van der Waals surface area contributed by atoms with Crippen molar-refractivity contribution in [1.82, 2.24) is 34.4 Å². The largest absolute Gasteiger partial charge is 0.457 e. The van der Waals surface area contributed by atoms with Gasteiger partial charge in [-0.05, 0) is 57.4 Å². The van der Waals surface area contributed by atoms with Crippen LogP contribution in [0.4, 0.5) is 10.2 Å². The average Bonchev–Trinajstić information content (AvgIpc) is 3.49. The van der Waals surface area contributed by atoms with E-state index in [2.05, 4.69) is 39.7 Å². The van der Waals surface area contributed by atoms with E-state index < -0.39 is 5.82 Å². The van der Waals surface area contributed by atoms with E-state index in [0.717, 1.165) is 39.4 Å². The molecular weight excluding hydrogens is 637 g/mol. The van der Waals surface area contributed by atoms with Gasteiger partial charge in [-0.2, -0.15) is 10.4 Å². The van der Waals surface area contributed by atoms with Crippen LogP contribution in [0.15, 0.2) is 66.5 Å². The van der Waals surface area contributed by atoms with E-state index in [-0.39, 0.29) is 34.4 Å². The lowest BCUT2D eigenvalue weighted by molar-refractivity contribution is -0.128. The molecule has 3 aliphatic rings. The van der Waals surface area contributed by atoms with Gasteiger partial charge in [0.1, 0.15) is 46.8 Å². The third-order valence-corrected chi connectivity index (χ3v) is 10.2. The summed E-state index contributed by atoms with van der Waals surface area (Å²) in [5.41, 5.74) is 7.27. The Hall–Kier alpha value is -4.90. The Labute approximate surface area is 290 Å². The summed E-state index contributed by atoms with van der Waals surface area (Å²) in [6.45, 7) is 10.7. The van der Waals surface area contributed by atoms with Crippen molar-refractivity contribution in [3.63, 3.8) is 0 Å². The molecule has 13 heteroatoms. The second kappa shape index (κ2) is 14.1. The first-order valence-corrected chi connectivity index (χ1v) is 17.2. The maximum Gasteiger partial charge on any atom is 0.264 e. The normalized spacial score (nSPS) is 19.7. The number of amides is 1. The number of benzene rings is 2. The van der Waals surface area contributed by atoms with E-state index in [9.17, 15) is 10.1 Å². The number of piperazine rings is 1. The molecular formula is C37H42FN9O3. The molecule has 7 rings (SSSR count). The summed E-state index contributed by atoms with van der Waals surface area (Å²) in [7, 11) is 0. The molecule has 4 aromatic rings. The molecule has 3 aliphatic heterocycles. The highest BCUT2D eigenvalue weighted by Crippen LogP contribution is 2.36. The minimum atomic E-state index is -0.532. The van der Waals surface area contributed by atoms with Gasteiger partial charge in [-0.1, -0.05) is 24.3 Å². The monoisotopic (exact) mass is 679 g/mol. The molecule has 12 nitrogen and oxygen atoms in total. The van der Waals surface area contributed by atoms with Gasteiger partial charge in [0, 0.05) is 56.4 Å². The highest BCUT2D eigenvalue weighted by atomic mass is 19.1. The minimum Gasteiger partial charge on any atom is -0.457 e. The first-order chi connectivity index (χ1) is 24.2. The SMILES string of the molecule is CC(C)(C/C=C(\C#N)C(=O)N1CCC[C@@H](n2nc(-c3ccc(Oc4ccccc4)cc3F)c3c(N)ncnc32)C1)N1CCN(C2COC2)CC1. The molecule has 1 atom stereocenters. The zero-order valence-electron chi connectivity index (χ0n) is 28.5. The van der Waals surface area contributed by atoms with Crippen LogP contribution < -0.4 is 10.5 Å². The standard InChI is InChI=1S/C37H42FN9O3/c1-37(2,46-17-15-44(16-18-46)27-22-49-23-27)13-12-25(20-39)36(48)45-14-6-7-26(21-45)47-35-32(34(40)41-24-42-35)33(43-47)30-11-10-29(19-31(30)38)50-28-8-4-3-5-9-28/h3-5,8-12,19,24,26-27H,6-7,13-18,21-23H2,1-2H3,(H2,40,41,42)/b25-12+/t26-/m1/s1. The topological polar surface area (TPSA) is 139 Å². The van der Waals surface area contributed by atoms with Gasteiger partial charge in [-0.3, -0.25) is 14.6 Å². The molecule has 5 heterocycles. The Morgan fingerprint density at radius 3 is 2.56 bits per heavy atom. The number of halogens is 1. The van der Waals surface area contributed by atoms with Crippen LogP contribution >= 0.6 is 0 Å². The first kappa shape index (κ1) is 33.6. The van der Waals surface area contributed by atoms with Crippen molar-refractivity contribution < 1.29 is 18.7 Å². The fourth-order valence-electron chi connectivity index (χ4n) is 7.11. The van der Waals surface area contributed by atoms with Crippen LogP contribution in [0.2, 0.25) is 0 Å². The second-order valence-corrected chi connectivity index (χ2v) is 13.8. The zero-order chi connectivity index (χ0) is 34.8. The van der Waals surface area contributed by atoms with Gasteiger partial charge in [-0.15, -0.1) is 0 Å². The number of carbonyl (C=O) groups excluding carboxylic acids is 1. The number of piperidine rings is 1. The Morgan fingerprint density at radius 1 is 1.08 bits per heavy atom. The van der Waals surface area contributed by atoms with Gasteiger partial charge in [0.25, 0.3) is 5.91 Å². The van der Waals surface area contributed by atoms with Gasteiger partial charge >= 0.3 is 0 Å². The Balaban J connectivity index is 1.08. The number of aromatic nitrogens is 4. The predicted octanol–water partition coefficient (Wildman–Crippen LogP) is 4.81. The molecule has 2 N–H and O–H groups in total. The highest BCUT2D eigenvalue weighted by molar-refractivity contribution is 5.99. The average molecular weight is 680 g/mol. The molecule has 0 radical (unpaired) electrons. The number of hydrogen-bond acceptors (Lipinski definition) is 10. The molecule has 2 aromatic heterocycles. The van der Waals surface area contributed by atoms with Gasteiger partial charge < -0.3 is 20.1 Å². The highest BCUT2D eigenvalue weighted by Gasteiger charge is 2.35. The number of nitriles is 1. The lowest BCUT2D eigenvalue weighted by Crippen LogP contribution is -2.60. The Bertz CT molecular complexity index is 1930. The van der Waals surface area contributed by atoms with Gasteiger partial charge in [0.15, 0.2) is 5.65 Å². The van der Waals surface area contributed by atoms with Crippen molar-refractivity contribution in [2.24, 2.45) is 0 Å². The minimum absolute atomic E-state index is 0.140. The number of likely N-dealkylation sites (tertiary alicyclic amines) is 1. The molecule has 2 aromatic carbocycles. The fourth-order valence-corrected chi connectivity index (χ4v) is 7.11. The zero-order valence-corrected chi connectivity index (χ0v) is 28.5. The van der Waals surface area contributed by atoms with Crippen LogP contribution in [-0.2, 0) is 9.53 Å². The van der Waals surface area contributed by atoms with Crippen molar-refractivity contribution in [2.45, 2.75) is 50.7 Å². The molecule has 0 aliphatic carbocycles. The molecule has 50 heavy (non-hydrogen) atoms. The van der Waals surface area contributed by atoms with Crippen LogP contribution in [0.1, 0.15) is 39.2 Å². The molecule has 3 saturated heterocycles. The molecule has 0 spiro atoms. The van der Waals surface area contributed by atoms with E-state index in [4.69, 9.17) is 20.3 Å². The maximum absolute atomic E-state index is 15.7. The number of nitrogens with two attached hydrogens (primary N) is 1. The quantitative estimate of drug-likeness (QED) is 0.194. The van der Waals surface area contributed by atoms with Gasteiger partial charge in [-0.25, -0.2) is 19.0 Å². The molecule has 0 unspecified atom stereocenters. The fraction of sp³-hybridized carbons (Fsp3) is 0.432. The maximum atomic E-state index is 15.7. The summed E-state index contributed by atoms with van der Waals surface area (Å²) in [6.07, 6.45) is 5.15. The third-order valence-electron chi connectivity index (χ3n) is 10.2. The number of nitrogens with zero attached hydrogens (tertiary/aromatic N) is 8. The van der Waals surface area contributed by atoms with Crippen LogP contribution in [0, 0.1) is 17.1 Å². The second-order valence-electron chi connectivity index (χ2n) is 13.8. The van der Waals surface area contributed by atoms with E-state index >= 15 is 4.39 Å². The summed E-state index contributed by atoms with van der Waals surface area (Å²) in [6, 6.07) is 16.2. The third kappa shape index (κ3) is 6.79. The predicted molar refractivity (Wildman–Crippen MR) is 187 cm³/mol. The number of para-hydroxylation sites is 1. The van der Waals surface area contributed by atoms with Crippen molar-refractivity contribution >= 4 is 22.8 Å². The van der Waals surface area contributed by atoms with E-state index in [1.807, 2.05) is 18.2 Å². The lowest BCUT2D eigenvalue weighted by atomic mass is 9.95. The van der Waals surface area contributed by atoms with Crippen molar-refractivity contribution in [1.29, 1.82) is 5.26 Å². The lowest BCUT2D eigenvalue weighted by Gasteiger charge is -2.47. The summed E-state index contributed by atoms with van der Waals surface area (Å²) >= 11 is 0. The van der Waals surface area contributed by atoms with Crippen molar-refractivity contribution in [2.75, 3.05) is 58.2 Å². The van der Waals surface area contributed by atoms with E-state index in [1.165, 1.54) is 12.4 Å². The number of hydrogen-bond donors (Lipinski definition) is 1. The number of anilines is 1. The summed E-state index contributed by atoms with van der Waals surface area (Å²) in [5, 5.41) is 15.4. The summed E-state index contributed by atoms with van der Waals surface area (Å²) in [4.78, 5) is 29.1. The van der Waals surface area contributed by atoms with Crippen molar-refractivity contribution in [3.8, 4) is 28.8 Å². The number of carbonyl (C=O) groups is 1. The smallest absolute Gasteiger partial charge is 0.264 e. The Kier molecular flexibility index (Phi) is 9.50. The Morgan fingerprint density at radius 2 is 1.86 bits per heavy atom. The van der Waals surface area contributed by atoms with E-state index in [1.54, 1.807) is 39.9 Å². The molecule has 3 fully saturated rings. The van der Waals surface area contributed by atoms with Crippen LogP contribution in [0.25, 0.3) is 22.3 Å². The molecule has 0 saturated carbocycles. The number of fused-ring (bicyclic) bond motifs is 1. The van der Waals surface area contributed by atoms with Gasteiger partial charge in [0.05, 0.1) is 30.7 Å². The summed E-state index contributed by atoms with van der Waals surface area (Å²) < 4.78 is 28.6. The molecule has 0 bridgehead atoms. The number of nitrogen functional groups attached to an aromatic ring is 1. The first-order valence-electron chi connectivity index (χ1n) is 17.2. The van der Waals surface area contributed by atoms with Crippen LogP contribution in [0.3, 0.4) is 0 Å². The van der Waals surface area contributed by atoms with Crippen molar-refractivity contribution in [3.05, 3.63) is 72.3 Å². The summed E-state index contributed by atoms with van der Waals surface area (Å²) in [5.74, 6) is 0.289.